The van der Waals surface area contributed by atoms with Crippen LogP contribution in [0, 0.1) is 11.8 Å². The fourth-order valence-electron chi connectivity index (χ4n) is 2.78. The Morgan fingerprint density at radius 3 is 1.58 bits per heavy atom. The molecular weight excluding hydrogens is 280 g/mol. The molecule has 4 atom stereocenters. The average Bonchev–Trinajstić information content (AvgIpc) is 2.07. The molecule has 2 rings (SSSR count). The van der Waals surface area contributed by atoms with E-state index in [9.17, 15) is 0 Å². The van der Waals surface area contributed by atoms with Gasteiger partial charge in [-0.15, -0.1) is 0 Å². The van der Waals surface area contributed by atoms with Crippen LogP contribution >= 0.6 is 31.9 Å². The highest BCUT2D eigenvalue weighted by atomic mass is 79.9. The molecule has 0 saturated heterocycles. The van der Waals surface area contributed by atoms with Gasteiger partial charge < -0.3 is 0 Å². The lowest BCUT2D eigenvalue weighted by molar-refractivity contribution is 0.181. The van der Waals surface area contributed by atoms with Crippen LogP contribution in [0.5, 0.6) is 0 Å². The first-order valence-electron chi connectivity index (χ1n) is 5.05. The van der Waals surface area contributed by atoms with Gasteiger partial charge in [0.2, 0.25) is 0 Å². The lowest BCUT2D eigenvalue weighted by Gasteiger charge is -2.40. The van der Waals surface area contributed by atoms with Crippen LogP contribution in [0.15, 0.2) is 0 Å². The van der Waals surface area contributed by atoms with Crippen LogP contribution in [0.2, 0.25) is 0 Å². The van der Waals surface area contributed by atoms with E-state index in [1.165, 1.54) is 38.5 Å². The largest absolute Gasteiger partial charge is 0.0878 e. The minimum atomic E-state index is 0.733. The molecule has 0 aromatic heterocycles. The standard InChI is InChI=1S/C10H16Br2/c11-9-5-7-3-1-2-4-8(7)6-10(9)12/h7-10H,1-6H2/t7-,8-,9+,10+/m0/s1. The molecule has 2 fully saturated rings. The third kappa shape index (κ3) is 1.89. The van der Waals surface area contributed by atoms with Gasteiger partial charge in [0.25, 0.3) is 0 Å². The van der Waals surface area contributed by atoms with Gasteiger partial charge in [-0.1, -0.05) is 57.5 Å². The van der Waals surface area contributed by atoms with E-state index in [-0.39, 0.29) is 0 Å². The zero-order valence-electron chi connectivity index (χ0n) is 7.31. The maximum atomic E-state index is 3.77. The first-order valence-corrected chi connectivity index (χ1v) is 6.88. The predicted octanol–water partition coefficient (Wildman–Crippen LogP) is 4.11. The lowest BCUT2D eigenvalue weighted by atomic mass is 9.71. The molecule has 2 heteroatoms. The van der Waals surface area contributed by atoms with E-state index in [1.54, 1.807) is 0 Å². The Hall–Kier alpha value is 0.960. The van der Waals surface area contributed by atoms with E-state index >= 15 is 0 Å². The summed E-state index contributed by atoms with van der Waals surface area (Å²) in [5.41, 5.74) is 0. The van der Waals surface area contributed by atoms with Crippen LogP contribution < -0.4 is 0 Å². The third-order valence-corrected chi connectivity index (χ3v) is 6.25. The number of alkyl halides is 2. The SMILES string of the molecule is Br[C@@H]1C[C@@H]2CCCC[C@H]2C[C@H]1Br. The summed E-state index contributed by atoms with van der Waals surface area (Å²) in [6.45, 7) is 0. The van der Waals surface area contributed by atoms with Crippen molar-refractivity contribution in [1.82, 2.24) is 0 Å². The van der Waals surface area contributed by atoms with Crippen molar-refractivity contribution >= 4 is 31.9 Å². The Labute approximate surface area is 91.7 Å². The van der Waals surface area contributed by atoms with E-state index in [1.807, 2.05) is 0 Å². The van der Waals surface area contributed by atoms with Crippen molar-refractivity contribution < 1.29 is 0 Å². The number of rotatable bonds is 0. The van der Waals surface area contributed by atoms with Crippen molar-refractivity contribution in [1.29, 1.82) is 0 Å². The molecule has 2 aliphatic carbocycles. The van der Waals surface area contributed by atoms with Crippen molar-refractivity contribution in [2.24, 2.45) is 11.8 Å². The summed E-state index contributed by atoms with van der Waals surface area (Å²) >= 11 is 7.54. The van der Waals surface area contributed by atoms with E-state index < -0.39 is 0 Å². The Bertz CT molecular complexity index is 140. The molecular formula is C10H16Br2. The van der Waals surface area contributed by atoms with Crippen LogP contribution in [0.3, 0.4) is 0 Å². The summed E-state index contributed by atoms with van der Waals surface area (Å²) in [5.74, 6) is 2.08. The summed E-state index contributed by atoms with van der Waals surface area (Å²) in [4.78, 5) is 1.47. The van der Waals surface area contributed by atoms with Gasteiger partial charge in [0.05, 0.1) is 0 Å². The quantitative estimate of drug-likeness (QED) is 0.590. The molecule has 2 aliphatic rings. The molecule has 0 N–H and O–H groups in total. The maximum absolute atomic E-state index is 3.77. The summed E-state index contributed by atoms with van der Waals surface area (Å²) in [6, 6.07) is 0. The van der Waals surface area contributed by atoms with Gasteiger partial charge in [0.15, 0.2) is 0 Å². The van der Waals surface area contributed by atoms with Gasteiger partial charge in [-0.2, -0.15) is 0 Å². The average molecular weight is 296 g/mol. The minimum Gasteiger partial charge on any atom is -0.0878 e. The Morgan fingerprint density at radius 1 is 0.750 bits per heavy atom. The molecule has 0 aromatic rings. The normalized spacial score (nSPS) is 48.5. The Kier molecular flexibility index (Phi) is 3.17. The Morgan fingerprint density at radius 2 is 1.17 bits per heavy atom. The van der Waals surface area contributed by atoms with E-state index in [2.05, 4.69) is 31.9 Å². The molecule has 0 unspecified atom stereocenters. The van der Waals surface area contributed by atoms with Crippen LogP contribution in [-0.2, 0) is 0 Å². The molecule has 0 bridgehead atoms. The van der Waals surface area contributed by atoms with Gasteiger partial charge in [-0.05, 0) is 24.7 Å². The van der Waals surface area contributed by atoms with E-state index in [4.69, 9.17) is 0 Å². The zero-order chi connectivity index (χ0) is 8.55. The summed E-state index contributed by atoms with van der Waals surface area (Å²) in [6.07, 6.45) is 8.75. The van der Waals surface area contributed by atoms with Gasteiger partial charge in [-0.3, -0.25) is 0 Å². The summed E-state index contributed by atoms with van der Waals surface area (Å²) in [7, 11) is 0. The van der Waals surface area contributed by atoms with Gasteiger partial charge >= 0.3 is 0 Å². The molecule has 0 heterocycles. The van der Waals surface area contributed by atoms with Crippen LogP contribution in [0.25, 0.3) is 0 Å². The predicted molar refractivity (Wildman–Crippen MR) is 60.1 cm³/mol. The number of hydrogen-bond donors (Lipinski definition) is 0. The topological polar surface area (TPSA) is 0 Å². The summed E-state index contributed by atoms with van der Waals surface area (Å²) in [5, 5.41) is 0. The summed E-state index contributed by atoms with van der Waals surface area (Å²) < 4.78 is 0. The first-order chi connectivity index (χ1) is 5.77. The van der Waals surface area contributed by atoms with E-state index in [0.29, 0.717) is 0 Å². The fraction of sp³-hybridized carbons (Fsp3) is 1.00. The molecule has 0 aromatic carbocycles. The highest BCUT2D eigenvalue weighted by molar-refractivity contribution is 9.12. The van der Waals surface area contributed by atoms with Crippen LogP contribution in [-0.4, -0.2) is 9.65 Å². The second-order valence-electron chi connectivity index (χ2n) is 4.31. The number of halogens is 2. The van der Waals surface area contributed by atoms with Crippen LogP contribution in [0.1, 0.15) is 38.5 Å². The third-order valence-electron chi connectivity index (χ3n) is 3.51. The zero-order valence-corrected chi connectivity index (χ0v) is 10.5. The molecule has 0 nitrogen and oxygen atoms in total. The Balaban J connectivity index is 1.98. The molecule has 0 spiro atoms. The van der Waals surface area contributed by atoms with Crippen LogP contribution in [0.4, 0.5) is 0 Å². The lowest BCUT2D eigenvalue weighted by Crippen LogP contribution is -2.34. The molecule has 12 heavy (non-hydrogen) atoms. The smallest absolute Gasteiger partial charge is 0.0273 e. The fourth-order valence-corrected chi connectivity index (χ4v) is 4.17. The molecule has 0 radical (unpaired) electrons. The molecule has 70 valence electrons. The molecule has 0 amide bonds. The maximum Gasteiger partial charge on any atom is 0.0273 e. The number of hydrogen-bond acceptors (Lipinski definition) is 0. The second-order valence-corrected chi connectivity index (χ2v) is 6.66. The first kappa shape index (κ1) is 9.51. The van der Waals surface area contributed by atoms with Crippen molar-refractivity contribution in [3.63, 3.8) is 0 Å². The van der Waals surface area contributed by atoms with Crippen molar-refractivity contribution in [2.75, 3.05) is 0 Å². The molecule has 0 aliphatic heterocycles. The van der Waals surface area contributed by atoms with E-state index in [0.717, 1.165) is 21.5 Å². The van der Waals surface area contributed by atoms with Crippen molar-refractivity contribution in [3.05, 3.63) is 0 Å². The van der Waals surface area contributed by atoms with Crippen molar-refractivity contribution in [3.8, 4) is 0 Å². The highest BCUT2D eigenvalue weighted by Gasteiger charge is 2.35. The number of fused-ring (bicyclic) bond motifs is 1. The van der Waals surface area contributed by atoms with Gasteiger partial charge in [0, 0.05) is 9.65 Å². The highest BCUT2D eigenvalue weighted by Crippen LogP contribution is 2.44. The van der Waals surface area contributed by atoms with Crippen molar-refractivity contribution in [2.45, 2.75) is 48.2 Å². The minimum absolute atomic E-state index is 0.733. The monoisotopic (exact) mass is 294 g/mol. The van der Waals surface area contributed by atoms with Gasteiger partial charge in [-0.25, -0.2) is 0 Å². The van der Waals surface area contributed by atoms with Gasteiger partial charge in [0.1, 0.15) is 0 Å². The molecule has 2 saturated carbocycles. The second kappa shape index (κ2) is 4.00.